The van der Waals surface area contributed by atoms with Crippen LogP contribution < -0.4 is 0 Å². The van der Waals surface area contributed by atoms with E-state index >= 15 is 0 Å². The summed E-state index contributed by atoms with van der Waals surface area (Å²) in [5.74, 6) is 0.470. The van der Waals surface area contributed by atoms with Crippen LogP contribution in [0, 0.1) is 0 Å². The molecule has 3 aromatic carbocycles. The first-order chi connectivity index (χ1) is 11.7. The smallest absolute Gasteiger partial charge is 0.145 e. The highest BCUT2D eigenvalue weighted by atomic mass is 16.3. The van der Waals surface area contributed by atoms with E-state index in [2.05, 4.69) is 80.1 Å². The standard InChI is InChI=1S/C22H19NO/c1-13(2)14-8-6-10-19-20(14)16-11-12-18-21(22(16)24-19)15-7-4-5-9-17(15)23(18)3/h4-13H,1-3H3. The Morgan fingerprint density at radius 1 is 0.792 bits per heavy atom. The zero-order valence-electron chi connectivity index (χ0n) is 14.1. The molecule has 0 unspecified atom stereocenters. The lowest BCUT2D eigenvalue weighted by Crippen LogP contribution is -1.87. The average molecular weight is 313 g/mol. The molecule has 2 heterocycles. The van der Waals surface area contributed by atoms with E-state index in [1.807, 2.05) is 0 Å². The van der Waals surface area contributed by atoms with Crippen molar-refractivity contribution < 1.29 is 4.42 Å². The maximum absolute atomic E-state index is 6.36. The molecule has 0 radical (unpaired) electrons. The van der Waals surface area contributed by atoms with Gasteiger partial charge in [-0.25, -0.2) is 0 Å². The highest BCUT2D eigenvalue weighted by molar-refractivity contribution is 6.23. The second-order valence-electron chi connectivity index (χ2n) is 6.89. The molecular weight excluding hydrogens is 294 g/mol. The van der Waals surface area contributed by atoms with Gasteiger partial charge >= 0.3 is 0 Å². The summed E-state index contributed by atoms with van der Waals surface area (Å²) in [5, 5.41) is 4.96. The number of nitrogens with zero attached hydrogens (tertiary/aromatic N) is 1. The summed E-state index contributed by atoms with van der Waals surface area (Å²) in [5.41, 5.74) is 5.80. The molecule has 0 spiro atoms. The summed E-state index contributed by atoms with van der Waals surface area (Å²) in [6, 6.07) is 19.4. The third-order valence-corrected chi connectivity index (χ3v) is 5.19. The Kier molecular flexibility index (Phi) is 2.64. The monoisotopic (exact) mass is 313 g/mol. The van der Waals surface area contributed by atoms with Gasteiger partial charge in [-0.05, 0) is 35.7 Å². The molecule has 0 saturated heterocycles. The predicted molar refractivity (Wildman–Crippen MR) is 102 cm³/mol. The van der Waals surface area contributed by atoms with Crippen LogP contribution in [0.25, 0.3) is 43.7 Å². The number of fused-ring (bicyclic) bond motifs is 7. The van der Waals surface area contributed by atoms with E-state index in [9.17, 15) is 0 Å². The molecule has 5 rings (SSSR count). The second kappa shape index (κ2) is 4.64. The van der Waals surface area contributed by atoms with E-state index < -0.39 is 0 Å². The van der Waals surface area contributed by atoms with Gasteiger partial charge in [-0.2, -0.15) is 0 Å². The fourth-order valence-electron chi connectivity index (χ4n) is 4.03. The molecule has 0 atom stereocenters. The number of aromatic nitrogens is 1. The van der Waals surface area contributed by atoms with Crippen molar-refractivity contribution in [2.45, 2.75) is 19.8 Å². The van der Waals surface area contributed by atoms with Crippen LogP contribution in [0.2, 0.25) is 0 Å². The molecular formula is C22H19NO. The van der Waals surface area contributed by atoms with Gasteiger partial charge in [0.2, 0.25) is 0 Å². The zero-order chi connectivity index (χ0) is 16.4. The summed E-state index contributed by atoms with van der Waals surface area (Å²) in [6.07, 6.45) is 0. The first kappa shape index (κ1) is 13.7. The van der Waals surface area contributed by atoms with Crippen LogP contribution in [0.1, 0.15) is 25.3 Å². The van der Waals surface area contributed by atoms with Gasteiger partial charge in [0.05, 0.1) is 10.9 Å². The summed E-state index contributed by atoms with van der Waals surface area (Å²) in [6.45, 7) is 4.48. The van der Waals surface area contributed by atoms with E-state index in [1.54, 1.807) is 0 Å². The second-order valence-corrected chi connectivity index (χ2v) is 6.89. The van der Waals surface area contributed by atoms with Crippen molar-refractivity contribution in [3.63, 3.8) is 0 Å². The molecule has 0 fully saturated rings. The third kappa shape index (κ3) is 1.60. The molecule has 118 valence electrons. The van der Waals surface area contributed by atoms with Crippen LogP contribution in [0.4, 0.5) is 0 Å². The van der Waals surface area contributed by atoms with Gasteiger partial charge in [0.1, 0.15) is 11.2 Å². The molecule has 5 aromatic rings. The molecule has 0 aliphatic heterocycles. The average Bonchev–Trinajstić information content (AvgIpc) is 3.11. The Bertz CT molecular complexity index is 1240. The van der Waals surface area contributed by atoms with Crippen molar-refractivity contribution in [2.24, 2.45) is 7.05 Å². The van der Waals surface area contributed by atoms with Crippen LogP contribution in [0.5, 0.6) is 0 Å². The van der Waals surface area contributed by atoms with Crippen molar-refractivity contribution in [1.82, 2.24) is 4.57 Å². The number of hydrogen-bond donors (Lipinski definition) is 0. The molecule has 0 amide bonds. The minimum atomic E-state index is 0.470. The lowest BCUT2D eigenvalue weighted by molar-refractivity contribution is 0.672. The van der Waals surface area contributed by atoms with Crippen molar-refractivity contribution in [2.75, 3.05) is 0 Å². The molecule has 0 aliphatic carbocycles. The van der Waals surface area contributed by atoms with E-state index in [0.717, 1.165) is 11.2 Å². The van der Waals surface area contributed by atoms with Gasteiger partial charge in [0, 0.05) is 28.7 Å². The molecule has 0 saturated carbocycles. The maximum atomic E-state index is 6.36. The van der Waals surface area contributed by atoms with Crippen LogP contribution in [0.3, 0.4) is 0 Å². The van der Waals surface area contributed by atoms with E-state index in [-0.39, 0.29) is 0 Å². The van der Waals surface area contributed by atoms with Gasteiger partial charge in [-0.3, -0.25) is 0 Å². The van der Waals surface area contributed by atoms with Crippen molar-refractivity contribution in [1.29, 1.82) is 0 Å². The number of rotatable bonds is 1. The van der Waals surface area contributed by atoms with Gasteiger partial charge < -0.3 is 8.98 Å². The van der Waals surface area contributed by atoms with Crippen molar-refractivity contribution in [3.05, 3.63) is 60.2 Å². The predicted octanol–water partition coefficient (Wildman–Crippen LogP) is 6.35. The van der Waals surface area contributed by atoms with Crippen molar-refractivity contribution in [3.8, 4) is 0 Å². The summed E-state index contributed by atoms with van der Waals surface area (Å²) >= 11 is 0. The summed E-state index contributed by atoms with van der Waals surface area (Å²) in [4.78, 5) is 0. The quantitative estimate of drug-likeness (QED) is 0.352. The highest BCUT2D eigenvalue weighted by Crippen LogP contribution is 2.40. The van der Waals surface area contributed by atoms with Crippen LogP contribution in [0.15, 0.2) is 59.0 Å². The SMILES string of the molecule is CC(C)c1cccc2oc3c(ccc4c3c3ccccc3n4C)c12. The van der Waals surface area contributed by atoms with Crippen LogP contribution in [-0.2, 0) is 7.05 Å². The molecule has 24 heavy (non-hydrogen) atoms. The Balaban J connectivity index is 2.08. The van der Waals surface area contributed by atoms with Gasteiger partial charge in [-0.15, -0.1) is 0 Å². The lowest BCUT2D eigenvalue weighted by Gasteiger charge is -2.06. The maximum Gasteiger partial charge on any atom is 0.145 e. The fourth-order valence-corrected chi connectivity index (χ4v) is 4.03. The number of para-hydroxylation sites is 1. The van der Waals surface area contributed by atoms with Crippen LogP contribution in [-0.4, -0.2) is 4.57 Å². The van der Waals surface area contributed by atoms with E-state index in [0.29, 0.717) is 5.92 Å². The largest absolute Gasteiger partial charge is 0.455 e. The highest BCUT2D eigenvalue weighted by Gasteiger charge is 2.18. The molecule has 2 nitrogen and oxygen atoms in total. The van der Waals surface area contributed by atoms with E-state index in [4.69, 9.17) is 4.42 Å². The Hall–Kier alpha value is -2.74. The van der Waals surface area contributed by atoms with Crippen molar-refractivity contribution >= 4 is 43.7 Å². The molecule has 0 bridgehead atoms. The summed E-state index contributed by atoms with van der Waals surface area (Å²) in [7, 11) is 2.12. The number of aryl methyl sites for hydroxylation is 1. The molecule has 2 heteroatoms. The first-order valence-corrected chi connectivity index (χ1v) is 8.48. The third-order valence-electron chi connectivity index (χ3n) is 5.19. The summed E-state index contributed by atoms with van der Waals surface area (Å²) < 4.78 is 8.62. The fraction of sp³-hybridized carbons (Fsp3) is 0.182. The number of furan rings is 1. The normalized spacial score (nSPS) is 12.3. The van der Waals surface area contributed by atoms with E-state index in [1.165, 1.54) is 38.1 Å². The van der Waals surface area contributed by atoms with Gasteiger partial charge in [0.25, 0.3) is 0 Å². The molecule has 0 N–H and O–H groups in total. The number of benzene rings is 3. The molecule has 2 aromatic heterocycles. The van der Waals surface area contributed by atoms with Crippen LogP contribution >= 0.6 is 0 Å². The minimum Gasteiger partial charge on any atom is -0.455 e. The Labute approximate surface area is 140 Å². The lowest BCUT2D eigenvalue weighted by atomic mass is 9.97. The minimum absolute atomic E-state index is 0.470. The molecule has 0 aliphatic rings. The Morgan fingerprint density at radius 2 is 1.62 bits per heavy atom. The topological polar surface area (TPSA) is 18.1 Å². The first-order valence-electron chi connectivity index (χ1n) is 8.48. The Morgan fingerprint density at radius 3 is 2.46 bits per heavy atom. The zero-order valence-corrected chi connectivity index (χ0v) is 14.1. The van der Waals surface area contributed by atoms with Gasteiger partial charge in [0.15, 0.2) is 0 Å². The van der Waals surface area contributed by atoms with Gasteiger partial charge in [-0.1, -0.05) is 44.2 Å². The number of hydrogen-bond acceptors (Lipinski definition) is 1.